The van der Waals surface area contributed by atoms with E-state index in [2.05, 4.69) is 15.6 Å². The van der Waals surface area contributed by atoms with Crippen molar-refractivity contribution in [2.75, 3.05) is 47.9 Å². The van der Waals surface area contributed by atoms with Crippen LogP contribution in [0.5, 0.6) is 11.5 Å². The van der Waals surface area contributed by atoms with Crippen molar-refractivity contribution in [2.45, 2.75) is 6.54 Å². The molecule has 1 aliphatic rings. The maximum atomic E-state index is 11.6. The maximum Gasteiger partial charge on any atom is 0.324 e. The number of nitrogens with one attached hydrogen (secondary N) is 2. The van der Waals surface area contributed by atoms with Crippen LogP contribution in [0.3, 0.4) is 0 Å². The number of guanidine groups is 1. The molecular formula is C17H25N5O4. The molecule has 1 fully saturated rings. The van der Waals surface area contributed by atoms with Gasteiger partial charge < -0.3 is 25.0 Å². The zero-order valence-electron chi connectivity index (χ0n) is 15.5. The summed E-state index contributed by atoms with van der Waals surface area (Å²) >= 11 is 0. The van der Waals surface area contributed by atoms with E-state index in [1.165, 1.54) is 4.90 Å². The number of carbonyl (C=O) groups is 2. The van der Waals surface area contributed by atoms with Gasteiger partial charge in [0.05, 0.1) is 20.8 Å². The Labute approximate surface area is 153 Å². The largest absolute Gasteiger partial charge is 0.497 e. The fourth-order valence-corrected chi connectivity index (χ4v) is 2.66. The number of urea groups is 1. The molecule has 0 aliphatic carbocycles. The first kappa shape index (κ1) is 19.4. The number of rotatable bonds is 7. The van der Waals surface area contributed by atoms with Crippen LogP contribution in [0.4, 0.5) is 4.79 Å². The molecule has 2 rings (SSSR count). The van der Waals surface area contributed by atoms with E-state index in [-0.39, 0.29) is 25.0 Å². The zero-order chi connectivity index (χ0) is 19.1. The predicted octanol–water partition coefficient (Wildman–Crippen LogP) is 0.263. The summed E-state index contributed by atoms with van der Waals surface area (Å²) in [7, 11) is 6.80. The summed E-state index contributed by atoms with van der Waals surface area (Å²) in [5.74, 6) is 1.88. The number of ether oxygens (including phenoxy) is 2. The van der Waals surface area contributed by atoms with Crippen LogP contribution in [0.25, 0.3) is 0 Å². The van der Waals surface area contributed by atoms with Crippen molar-refractivity contribution >= 4 is 17.9 Å². The first-order valence-corrected chi connectivity index (χ1v) is 8.21. The van der Waals surface area contributed by atoms with Gasteiger partial charge in [-0.3, -0.25) is 14.7 Å². The lowest BCUT2D eigenvalue weighted by molar-refractivity contribution is -0.124. The van der Waals surface area contributed by atoms with Crippen molar-refractivity contribution in [3.05, 3.63) is 23.8 Å². The average molecular weight is 363 g/mol. The average Bonchev–Trinajstić information content (AvgIpc) is 2.97. The van der Waals surface area contributed by atoms with Crippen molar-refractivity contribution in [3.8, 4) is 11.5 Å². The molecule has 0 aromatic heterocycles. The Hall–Kier alpha value is -2.97. The number of carbonyl (C=O) groups excluding carboxylic acids is 2. The lowest BCUT2D eigenvalue weighted by Gasteiger charge is -2.24. The SMILES string of the molecule is CN=C(NCCN1C(=O)CNC1=O)N(C)Cc1ccc(OC)cc1OC. The number of benzene rings is 1. The lowest BCUT2D eigenvalue weighted by Crippen LogP contribution is -2.43. The summed E-state index contributed by atoms with van der Waals surface area (Å²) in [6.45, 7) is 1.32. The van der Waals surface area contributed by atoms with Crippen molar-refractivity contribution in [3.63, 3.8) is 0 Å². The fraction of sp³-hybridized carbons (Fsp3) is 0.471. The van der Waals surface area contributed by atoms with Crippen LogP contribution >= 0.6 is 0 Å². The standard InChI is InChI=1S/C17H25N5O4/c1-18-16(19-7-8-22-15(23)10-20-17(22)24)21(2)11-12-5-6-13(25-3)9-14(12)26-4/h5-6,9H,7-8,10-11H2,1-4H3,(H,18,19)(H,20,24). The highest BCUT2D eigenvalue weighted by atomic mass is 16.5. The van der Waals surface area contributed by atoms with Gasteiger partial charge in [-0.25, -0.2) is 4.79 Å². The summed E-state index contributed by atoms with van der Waals surface area (Å²) in [4.78, 5) is 30.5. The molecule has 0 atom stereocenters. The summed E-state index contributed by atoms with van der Waals surface area (Å²) in [5, 5.41) is 5.65. The molecule has 0 radical (unpaired) electrons. The Morgan fingerprint density at radius 1 is 1.35 bits per heavy atom. The van der Waals surface area contributed by atoms with Crippen LogP contribution in [0.1, 0.15) is 5.56 Å². The Morgan fingerprint density at radius 3 is 2.69 bits per heavy atom. The lowest BCUT2D eigenvalue weighted by atomic mass is 10.2. The second-order valence-electron chi connectivity index (χ2n) is 5.71. The molecule has 142 valence electrons. The number of hydrogen-bond acceptors (Lipinski definition) is 5. The van der Waals surface area contributed by atoms with Gasteiger partial charge in [0.15, 0.2) is 5.96 Å². The minimum Gasteiger partial charge on any atom is -0.497 e. The van der Waals surface area contributed by atoms with Gasteiger partial charge in [0.1, 0.15) is 11.5 Å². The molecule has 3 amide bonds. The van der Waals surface area contributed by atoms with Crippen molar-refractivity contribution in [2.24, 2.45) is 4.99 Å². The Morgan fingerprint density at radius 2 is 2.12 bits per heavy atom. The van der Waals surface area contributed by atoms with Gasteiger partial charge in [-0.2, -0.15) is 0 Å². The van der Waals surface area contributed by atoms with Gasteiger partial charge in [0, 0.05) is 45.4 Å². The van der Waals surface area contributed by atoms with E-state index in [9.17, 15) is 9.59 Å². The number of aliphatic imine (C=N–C) groups is 1. The van der Waals surface area contributed by atoms with Gasteiger partial charge in [-0.05, 0) is 12.1 Å². The third-order valence-corrected chi connectivity index (χ3v) is 4.03. The van der Waals surface area contributed by atoms with Crippen LogP contribution in [-0.4, -0.2) is 75.6 Å². The summed E-state index contributed by atoms with van der Waals surface area (Å²) in [6, 6.07) is 5.29. The number of imide groups is 1. The van der Waals surface area contributed by atoms with Crippen LogP contribution in [-0.2, 0) is 11.3 Å². The molecule has 9 heteroatoms. The molecule has 1 aliphatic heterocycles. The van der Waals surface area contributed by atoms with Crippen LogP contribution in [0.2, 0.25) is 0 Å². The van der Waals surface area contributed by atoms with Gasteiger partial charge in [0.2, 0.25) is 5.91 Å². The highest BCUT2D eigenvalue weighted by Gasteiger charge is 2.27. The number of methoxy groups -OCH3 is 2. The second kappa shape index (κ2) is 8.93. The molecule has 0 spiro atoms. The fourth-order valence-electron chi connectivity index (χ4n) is 2.66. The molecule has 1 saturated heterocycles. The monoisotopic (exact) mass is 363 g/mol. The Balaban J connectivity index is 1.93. The minimum absolute atomic E-state index is 0.0602. The molecule has 0 unspecified atom stereocenters. The van der Waals surface area contributed by atoms with E-state index < -0.39 is 0 Å². The first-order valence-electron chi connectivity index (χ1n) is 8.21. The molecular weight excluding hydrogens is 338 g/mol. The normalized spacial score (nSPS) is 14.3. The van der Waals surface area contributed by atoms with Gasteiger partial charge >= 0.3 is 6.03 Å². The van der Waals surface area contributed by atoms with Gasteiger partial charge in [-0.1, -0.05) is 0 Å². The second-order valence-corrected chi connectivity index (χ2v) is 5.71. The van der Waals surface area contributed by atoms with Crippen molar-refractivity contribution in [1.82, 2.24) is 20.4 Å². The zero-order valence-corrected chi connectivity index (χ0v) is 15.5. The summed E-state index contributed by atoms with van der Waals surface area (Å²) < 4.78 is 10.6. The highest BCUT2D eigenvalue weighted by molar-refractivity contribution is 6.01. The van der Waals surface area contributed by atoms with Crippen molar-refractivity contribution < 1.29 is 19.1 Å². The molecule has 1 heterocycles. The molecule has 1 aromatic carbocycles. The smallest absolute Gasteiger partial charge is 0.324 e. The molecule has 0 bridgehead atoms. The van der Waals surface area contributed by atoms with Crippen molar-refractivity contribution in [1.29, 1.82) is 0 Å². The number of nitrogens with zero attached hydrogens (tertiary/aromatic N) is 3. The molecule has 9 nitrogen and oxygen atoms in total. The molecule has 0 saturated carbocycles. The van der Waals surface area contributed by atoms with Gasteiger partial charge in [-0.15, -0.1) is 0 Å². The minimum atomic E-state index is -0.358. The Bertz CT molecular complexity index is 676. The van der Waals surface area contributed by atoms with E-state index in [4.69, 9.17) is 9.47 Å². The predicted molar refractivity (Wildman–Crippen MR) is 97.5 cm³/mol. The van der Waals surface area contributed by atoms with E-state index >= 15 is 0 Å². The maximum absolute atomic E-state index is 11.6. The third kappa shape index (κ3) is 4.56. The molecule has 1 aromatic rings. The van der Waals surface area contributed by atoms with E-state index in [1.807, 2.05) is 30.1 Å². The number of amides is 3. The summed E-state index contributed by atoms with van der Waals surface area (Å²) in [5.41, 5.74) is 0.979. The van der Waals surface area contributed by atoms with E-state index in [0.29, 0.717) is 19.0 Å². The van der Waals surface area contributed by atoms with E-state index in [1.54, 1.807) is 21.3 Å². The quantitative estimate of drug-likeness (QED) is 0.410. The third-order valence-electron chi connectivity index (χ3n) is 4.03. The van der Waals surface area contributed by atoms with Crippen LogP contribution in [0, 0.1) is 0 Å². The van der Waals surface area contributed by atoms with Gasteiger partial charge in [0.25, 0.3) is 0 Å². The molecule has 2 N–H and O–H groups in total. The summed E-state index contributed by atoms with van der Waals surface area (Å²) in [6.07, 6.45) is 0. The van der Waals surface area contributed by atoms with Crippen LogP contribution < -0.4 is 20.1 Å². The first-order chi connectivity index (χ1) is 12.5. The molecule has 26 heavy (non-hydrogen) atoms. The Kier molecular flexibility index (Phi) is 6.65. The van der Waals surface area contributed by atoms with E-state index in [0.717, 1.165) is 17.1 Å². The topological polar surface area (TPSA) is 95.5 Å². The van der Waals surface area contributed by atoms with Crippen LogP contribution in [0.15, 0.2) is 23.2 Å². The highest BCUT2D eigenvalue weighted by Crippen LogP contribution is 2.25. The number of hydrogen-bond donors (Lipinski definition) is 2.